The Hall–Kier alpha value is -11.9. The predicted octanol–water partition coefficient (Wildman–Crippen LogP) is 22.4. The summed E-state index contributed by atoms with van der Waals surface area (Å²) < 4.78 is 189. The highest BCUT2D eigenvalue weighted by Crippen LogP contribution is 2.54. The van der Waals surface area contributed by atoms with Gasteiger partial charge in [-0.2, -0.15) is 0 Å². The molecule has 0 N–H and O–H groups in total. The summed E-state index contributed by atoms with van der Waals surface area (Å²) in [6.45, 7) is 9.62. The van der Waals surface area contributed by atoms with Crippen molar-refractivity contribution in [1.29, 1.82) is 0 Å². The molecule has 0 saturated heterocycles. The van der Waals surface area contributed by atoms with Crippen LogP contribution in [0, 0.1) is 0 Å². The predicted molar refractivity (Wildman–Crippen MR) is 405 cm³/mol. The van der Waals surface area contributed by atoms with Gasteiger partial charge in [0.2, 0.25) is 0 Å². The van der Waals surface area contributed by atoms with Gasteiger partial charge in [-0.25, -0.2) is 0 Å². The maximum absolute atomic E-state index is 11.6. The van der Waals surface area contributed by atoms with Crippen molar-refractivity contribution in [2.45, 2.75) is 45.4 Å². The molecule has 0 aliphatic carbocycles. The molecule has 5 heterocycles. The van der Waals surface area contributed by atoms with Crippen LogP contribution in [0.4, 0.5) is 17.1 Å². The van der Waals surface area contributed by atoms with Crippen LogP contribution >= 0.6 is 0 Å². The summed E-state index contributed by atoms with van der Waals surface area (Å²) in [5.41, 5.74) is 10.9. The monoisotopic (exact) mass is 1260 g/mol. The average molecular weight is 1260 g/mol. The van der Waals surface area contributed by atoms with Gasteiger partial charge in [0.1, 0.15) is 23.0 Å². The molecule has 0 radical (unpaired) electrons. The normalized spacial score (nSPS) is 16.0. The molecule has 5 nitrogen and oxygen atoms in total. The molecule has 0 fully saturated rings. The Morgan fingerprint density at radius 1 is 0.371 bits per heavy atom. The molecule has 16 aromatic rings. The van der Waals surface area contributed by atoms with Crippen LogP contribution in [0.15, 0.2) is 309 Å². The maximum Gasteiger partial charge on any atom is 0.256 e. The van der Waals surface area contributed by atoms with E-state index in [9.17, 15) is 16.4 Å². The molecule has 3 aliphatic heterocycles. The lowest BCUT2D eigenvalue weighted by Crippen LogP contribution is -2.59. The Bertz CT molecular complexity index is 6800. The van der Waals surface area contributed by atoms with Crippen LogP contribution in [0.1, 0.15) is 76.0 Å². The molecule has 0 unspecified atom stereocenters. The van der Waals surface area contributed by atoms with E-state index in [0.717, 1.165) is 50.1 Å². The number of anilines is 3. The van der Waals surface area contributed by atoms with E-state index in [-0.39, 0.29) is 89.8 Å². The van der Waals surface area contributed by atoms with E-state index in [1.165, 1.54) is 9.13 Å². The SMILES string of the molecule is [2H]c1c2c3c(c([2H])c1-c1ccc4c(c1)C(C)(C)c1ccccc1O4)N(c1c(-c4cccc(-c5ccccc5)c4)cc(C(C)(C)C)cc1-c1cccc(-c4ccccc4)c1)c1cc(-n4c5c([2H])c([2H])c([2H])c([2H])c5c5c([2H])c([2H])c([2H])c([2H])c54)ccc1B3c1ccc(-n3c4c([2H])c([2H])c([2H])c([2H])c4c4c([2H])c([2H])c([2H])c([2H])c43)cc1O2. The first kappa shape index (κ1) is 41.1. The van der Waals surface area contributed by atoms with Crippen molar-refractivity contribution >= 4 is 83.8 Å². The highest BCUT2D eigenvalue weighted by atomic mass is 16.5. The summed E-state index contributed by atoms with van der Waals surface area (Å²) in [6.07, 6.45) is 0. The third kappa shape index (κ3) is 8.93. The third-order valence-electron chi connectivity index (χ3n) is 19.6. The minimum Gasteiger partial charge on any atom is -0.458 e. The number of rotatable bonds is 8. The fourth-order valence-electron chi connectivity index (χ4n) is 14.9. The minimum absolute atomic E-state index is 0.0148. The number of aromatic nitrogens is 2. The van der Waals surface area contributed by atoms with Crippen LogP contribution in [0.2, 0.25) is 0 Å². The Balaban J connectivity index is 0.997. The van der Waals surface area contributed by atoms with Crippen LogP contribution in [0.25, 0.3) is 111 Å². The molecule has 0 amide bonds. The zero-order valence-corrected chi connectivity index (χ0v) is 53.3. The molecule has 0 saturated carbocycles. The zero-order valence-electron chi connectivity index (χ0n) is 71.3. The van der Waals surface area contributed by atoms with Gasteiger partial charge >= 0.3 is 0 Å². The average Bonchev–Trinajstić information content (AvgIpc) is 1.69. The number of para-hydroxylation sites is 5. The molecule has 3 aliphatic rings. The Kier molecular flexibility index (Phi) is 9.14. The van der Waals surface area contributed by atoms with Gasteiger partial charge < -0.3 is 23.5 Å². The molecule has 460 valence electrons. The third-order valence-corrected chi connectivity index (χ3v) is 19.6. The molecule has 0 spiro atoms. The highest BCUT2D eigenvalue weighted by molar-refractivity contribution is 6.99. The van der Waals surface area contributed by atoms with E-state index >= 15 is 0 Å². The standard InChI is InChI=1S/C91H66BN3O2/c1-90(2,3)65-53-72(62-30-22-28-59(48-62)57-24-8-6-9-25-57)89(73(54-65)63-31-23-29-60(49-63)58-26-10-7-11-27-58)95-82-55-66(93-78-37-17-12-32-68(78)69-33-13-18-38-79(69)93)43-45-76(82)92-77-46-44-67(94-80-39-19-14-34-70(80)71-35-15-20-40-81(71)94)56-86(77)97-87-52-64(51-83(95)88(87)92)61-42-47-85-75(50-61)91(4,5)74-36-16-21-41-84(74)96-85/h6-56H,1-5H3/i12D,13D,14D,15D,17D,18D,19D,20D,32D,33D,34D,35D,37D,38D,39D,40D,51D,52D. The second kappa shape index (κ2) is 21.6. The van der Waals surface area contributed by atoms with Gasteiger partial charge in [0.05, 0.1) is 52.4 Å². The molecule has 0 bridgehead atoms. The van der Waals surface area contributed by atoms with Crippen molar-refractivity contribution in [2.24, 2.45) is 0 Å². The first-order chi connectivity index (χ1) is 55.0. The smallest absolute Gasteiger partial charge is 0.256 e. The summed E-state index contributed by atoms with van der Waals surface area (Å²) in [6, 6.07) is 55.6. The number of hydrogen-bond donors (Lipinski definition) is 0. The summed E-state index contributed by atoms with van der Waals surface area (Å²) in [5.74, 6) is 1.38. The summed E-state index contributed by atoms with van der Waals surface area (Å²) in [5, 5.41) is -0.542. The Labute approximate surface area is 590 Å². The molecule has 0 atom stereocenters. The van der Waals surface area contributed by atoms with Crippen molar-refractivity contribution in [3.05, 3.63) is 326 Å². The van der Waals surface area contributed by atoms with Gasteiger partial charge in [-0.05, 0) is 169 Å². The van der Waals surface area contributed by atoms with Gasteiger partial charge in [-0.1, -0.05) is 241 Å². The molecule has 14 aromatic carbocycles. The molecule has 97 heavy (non-hydrogen) atoms. The summed E-state index contributed by atoms with van der Waals surface area (Å²) >= 11 is 0. The van der Waals surface area contributed by atoms with E-state index in [0.29, 0.717) is 56.0 Å². The van der Waals surface area contributed by atoms with E-state index in [1.807, 2.05) is 132 Å². The van der Waals surface area contributed by atoms with Crippen molar-refractivity contribution in [3.8, 4) is 90.0 Å². The minimum atomic E-state index is -1.03. The number of ether oxygens (including phenoxy) is 2. The lowest BCUT2D eigenvalue weighted by Gasteiger charge is -2.42. The van der Waals surface area contributed by atoms with Crippen molar-refractivity contribution < 1.29 is 34.1 Å². The second-order valence-corrected chi connectivity index (χ2v) is 26.6. The number of fused-ring (bicyclic) bond motifs is 12. The first-order valence-corrected chi connectivity index (χ1v) is 32.4. The van der Waals surface area contributed by atoms with Gasteiger partial charge in [0.25, 0.3) is 6.71 Å². The van der Waals surface area contributed by atoms with Crippen LogP contribution in [-0.2, 0) is 10.8 Å². The Morgan fingerprint density at radius 3 is 1.41 bits per heavy atom. The lowest BCUT2D eigenvalue weighted by molar-refractivity contribution is 0.418. The molecule has 2 aromatic heterocycles. The lowest BCUT2D eigenvalue weighted by atomic mass is 9.34. The topological polar surface area (TPSA) is 31.6 Å². The molecular weight excluding hydrogens is 1180 g/mol. The van der Waals surface area contributed by atoms with Gasteiger partial charge in [-0.15, -0.1) is 0 Å². The van der Waals surface area contributed by atoms with Gasteiger partial charge in [0, 0.05) is 78.0 Å². The van der Waals surface area contributed by atoms with Crippen LogP contribution < -0.4 is 30.8 Å². The maximum atomic E-state index is 11.6. The van der Waals surface area contributed by atoms with Crippen molar-refractivity contribution in [3.63, 3.8) is 0 Å². The summed E-state index contributed by atoms with van der Waals surface area (Å²) in [4.78, 5) is 2.04. The van der Waals surface area contributed by atoms with E-state index in [4.69, 9.17) is 17.7 Å². The fourth-order valence-corrected chi connectivity index (χ4v) is 14.9. The zero-order chi connectivity index (χ0) is 80.5. The van der Waals surface area contributed by atoms with Gasteiger partial charge in [-0.3, -0.25) is 0 Å². The second-order valence-electron chi connectivity index (χ2n) is 26.6. The van der Waals surface area contributed by atoms with Crippen LogP contribution in [0.5, 0.6) is 23.0 Å². The van der Waals surface area contributed by atoms with E-state index < -0.39 is 114 Å². The number of hydrogen-bond acceptors (Lipinski definition) is 3. The molecule has 6 heteroatoms. The van der Waals surface area contributed by atoms with Crippen LogP contribution in [0.3, 0.4) is 0 Å². The van der Waals surface area contributed by atoms with E-state index in [2.05, 4.69) is 83.1 Å². The number of benzene rings is 14. The van der Waals surface area contributed by atoms with E-state index in [1.54, 1.807) is 24.3 Å². The van der Waals surface area contributed by atoms with Crippen LogP contribution in [-0.4, -0.2) is 15.8 Å². The largest absolute Gasteiger partial charge is 0.458 e. The van der Waals surface area contributed by atoms with Crippen molar-refractivity contribution in [2.75, 3.05) is 4.90 Å². The van der Waals surface area contributed by atoms with Crippen molar-refractivity contribution in [1.82, 2.24) is 9.13 Å². The first-order valence-electron chi connectivity index (χ1n) is 41.4. The quantitative estimate of drug-likeness (QED) is 0.142. The highest BCUT2D eigenvalue weighted by Gasteiger charge is 2.45. The number of nitrogens with zero attached hydrogens (tertiary/aromatic N) is 3. The van der Waals surface area contributed by atoms with Gasteiger partial charge in [0.15, 0.2) is 0 Å². The fraction of sp³-hybridized carbons (Fsp3) is 0.0769. The molecule has 19 rings (SSSR count). The Morgan fingerprint density at radius 2 is 0.845 bits per heavy atom. The summed E-state index contributed by atoms with van der Waals surface area (Å²) in [7, 11) is 0. The molecular formula is C91H66BN3O2.